The standard InChI is InChI=1S/C25H32F2N4O4/c1-30(2)25(33)17-14-31(21-6-4-5-7-22(21)34-3)11-10-19(17)28-24(32)20-13-23(35-29-20)16-9-8-15(26)12-18(16)27/h8-9,12-13,17,19,21-22H,4-7,10-11,14H2,1-3H3,(H,28,32)/t17-,19-,21-,22-/m1/s1. The van der Waals surface area contributed by atoms with Crippen LogP contribution in [0.4, 0.5) is 8.78 Å². The highest BCUT2D eigenvalue weighted by atomic mass is 19.1. The number of aromatic nitrogens is 1. The van der Waals surface area contributed by atoms with Gasteiger partial charge in [-0.3, -0.25) is 14.5 Å². The predicted octanol–water partition coefficient (Wildman–Crippen LogP) is 3.09. The maximum absolute atomic E-state index is 14.1. The van der Waals surface area contributed by atoms with Gasteiger partial charge in [0.15, 0.2) is 11.5 Å². The van der Waals surface area contributed by atoms with Crippen molar-refractivity contribution >= 4 is 11.8 Å². The van der Waals surface area contributed by atoms with Crippen LogP contribution in [0.3, 0.4) is 0 Å². The molecule has 0 unspecified atom stereocenters. The van der Waals surface area contributed by atoms with E-state index in [4.69, 9.17) is 9.26 Å². The molecule has 1 aliphatic heterocycles. The van der Waals surface area contributed by atoms with Gasteiger partial charge in [-0.15, -0.1) is 0 Å². The molecule has 4 rings (SSSR count). The average molecular weight is 491 g/mol. The molecule has 35 heavy (non-hydrogen) atoms. The van der Waals surface area contributed by atoms with E-state index >= 15 is 0 Å². The van der Waals surface area contributed by atoms with Crippen molar-refractivity contribution in [2.45, 2.75) is 50.3 Å². The Morgan fingerprint density at radius 1 is 1.17 bits per heavy atom. The molecule has 0 radical (unpaired) electrons. The lowest BCUT2D eigenvalue weighted by Crippen LogP contribution is -2.59. The second kappa shape index (κ2) is 10.8. The number of hydrogen-bond acceptors (Lipinski definition) is 6. The summed E-state index contributed by atoms with van der Waals surface area (Å²) in [4.78, 5) is 29.9. The van der Waals surface area contributed by atoms with E-state index in [0.29, 0.717) is 13.0 Å². The van der Waals surface area contributed by atoms with E-state index in [2.05, 4.69) is 15.4 Å². The van der Waals surface area contributed by atoms with Gasteiger partial charge < -0.3 is 19.5 Å². The zero-order valence-corrected chi connectivity index (χ0v) is 20.3. The summed E-state index contributed by atoms with van der Waals surface area (Å²) in [6, 6.07) is 4.25. The molecule has 2 amide bonds. The molecule has 1 aromatic carbocycles. The number of ether oxygens (including phenoxy) is 1. The first-order chi connectivity index (χ1) is 16.8. The van der Waals surface area contributed by atoms with Crippen LogP contribution in [-0.2, 0) is 9.53 Å². The quantitative estimate of drug-likeness (QED) is 0.670. The Balaban J connectivity index is 1.48. The summed E-state index contributed by atoms with van der Waals surface area (Å²) < 4.78 is 38.2. The number of nitrogens with one attached hydrogen (secondary N) is 1. The lowest BCUT2D eigenvalue weighted by Gasteiger charge is -2.45. The van der Waals surface area contributed by atoms with Crippen molar-refractivity contribution in [2.24, 2.45) is 5.92 Å². The molecule has 8 nitrogen and oxygen atoms in total. The smallest absolute Gasteiger partial charge is 0.273 e. The average Bonchev–Trinajstić information content (AvgIpc) is 3.34. The second-order valence-electron chi connectivity index (χ2n) is 9.53. The fraction of sp³-hybridized carbons (Fsp3) is 0.560. The highest BCUT2D eigenvalue weighted by Gasteiger charge is 2.41. The van der Waals surface area contributed by atoms with Crippen molar-refractivity contribution in [1.82, 2.24) is 20.3 Å². The Hall–Kier alpha value is -2.85. The van der Waals surface area contributed by atoms with E-state index in [-0.39, 0.29) is 41.1 Å². The number of nitrogens with zero attached hydrogens (tertiary/aromatic N) is 3. The van der Waals surface area contributed by atoms with Gasteiger partial charge in [0.1, 0.15) is 11.6 Å². The molecule has 1 aromatic heterocycles. The van der Waals surface area contributed by atoms with Gasteiger partial charge in [-0.05, 0) is 31.4 Å². The van der Waals surface area contributed by atoms with Crippen LogP contribution >= 0.6 is 0 Å². The maximum Gasteiger partial charge on any atom is 0.273 e. The molecule has 1 N–H and O–H groups in total. The fourth-order valence-corrected chi connectivity index (χ4v) is 5.24. The Kier molecular flexibility index (Phi) is 7.81. The van der Waals surface area contributed by atoms with Crippen LogP contribution < -0.4 is 5.32 Å². The third-order valence-corrected chi connectivity index (χ3v) is 7.10. The van der Waals surface area contributed by atoms with Gasteiger partial charge >= 0.3 is 0 Å². The van der Waals surface area contributed by atoms with Gasteiger partial charge in [0.05, 0.1) is 17.6 Å². The minimum absolute atomic E-state index is 0.00657. The summed E-state index contributed by atoms with van der Waals surface area (Å²) in [7, 11) is 5.15. The van der Waals surface area contributed by atoms with E-state index in [1.807, 2.05) is 0 Å². The first kappa shape index (κ1) is 25.2. The molecule has 1 saturated heterocycles. The Morgan fingerprint density at radius 3 is 2.66 bits per heavy atom. The van der Waals surface area contributed by atoms with Crippen LogP contribution in [0.2, 0.25) is 0 Å². The van der Waals surface area contributed by atoms with Crippen LogP contribution in [0.25, 0.3) is 11.3 Å². The molecule has 0 bridgehead atoms. The van der Waals surface area contributed by atoms with Crippen molar-refractivity contribution in [1.29, 1.82) is 0 Å². The summed E-state index contributed by atoms with van der Waals surface area (Å²) in [5, 5.41) is 6.70. The summed E-state index contributed by atoms with van der Waals surface area (Å²) in [5.41, 5.74) is -0.0268. The van der Waals surface area contributed by atoms with Crippen molar-refractivity contribution in [3.8, 4) is 11.3 Å². The number of carbonyl (C=O) groups is 2. The first-order valence-electron chi connectivity index (χ1n) is 12.0. The number of methoxy groups -OCH3 is 1. The Bertz CT molecular complexity index is 1060. The molecule has 1 saturated carbocycles. The van der Waals surface area contributed by atoms with Crippen molar-refractivity contribution in [2.75, 3.05) is 34.3 Å². The van der Waals surface area contributed by atoms with E-state index in [1.54, 1.807) is 26.1 Å². The molecular weight excluding hydrogens is 458 g/mol. The molecule has 2 aromatic rings. The maximum atomic E-state index is 14.1. The van der Waals surface area contributed by atoms with Gasteiger partial charge in [0, 0.05) is 58.5 Å². The molecule has 2 fully saturated rings. The minimum Gasteiger partial charge on any atom is -0.380 e. The number of benzene rings is 1. The number of piperidine rings is 1. The van der Waals surface area contributed by atoms with E-state index in [9.17, 15) is 18.4 Å². The molecule has 4 atom stereocenters. The Labute approximate surface area is 203 Å². The molecule has 0 spiro atoms. The molecular formula is C25H32F2N4O4. The third-order valence-electron chi connectivity index (χ3n) is 7.10. The lowest BCUT2D eigenvalue weighted by molar-refractivity contribution is -0.137. The molecule has 10 heteroatoms. The fourth-order valence-electron chi connectivity index (χ4n) is 5.24. The van der Waals surface area contributed by atoms with Crippen LogP contribution in [0, 0.1) is 17.6 Å². The van der Waals surface area contributed by atoms with Gasteiger partial charge in [0.2, 0.25) is 5.91 Å². The number of rotatable bonds is 6. The van der Waals surface area contributed by atoms with Gasteiger partial charge in [-0.1, -0.05) is 18.0 Å². The number of carbonyl (C=O) groups excluding carboxylic acids is 2. The predicted molar refractivity (Wildman–Crippen MR) is 125 cm³/mol. The second-order valence-corrected chi connectivity index (χ2v) is 9.53. The van der Waals surface area contributed by atoms with Crippen molar-refractivity contribution in [3.63, 3.8) is 0 Å². The number of hydrogen-bond donors (Lipinski definition) is 1. The highest BCUT2D eigenvalue weighted by molar-refractivity contribution is 5.94. The summed E-state index contributed by atoms with van der Waals surface area (Å²) >= 11 is 0. The summed E-state index contributed by atoms with van der Waals surface area (Å²) in [6.07, 6.45) is 5.05. The summed E-state index contributed by atoms with van der Waals surface area (Å²) in [5.74, 6) is -2.50. The van der Waals surface area contributed by atoms with Crippen LogP contribution in [-0.4, -0.2) is 79.3 Å². The molecule has 1 aliphatic carbocycles. The van der Waals surface area contributed by atoms with Gasteiger partial charge in [-0.25, -0.2) is 8.78 Å². The van der Waals surface area contributed by atoms with Crippen molar-refractivity contribution < 1.29 is 27.6 Å². The minimum atomic E-state index is -0.811. The Morgan fingerprint density at radius 2 is 1.94 bits per heavy atom. The first-order valence-corrected chi connectivity index (χ1v) is 12.0. The third kappa shape index (κ3) is 5.54. The van der Waals surface area contributed by atoms with Gasteiger partial charge in [0.25, 0.3) is 5.91 Å². The summed E-state index contributed by atoms with van der Waals surface area (Å²) in [6.45, 7) is 1.26. The normalized spacial score (nSPS) is 25.3. The van der Waals surface area contributed by atoms with E-state index in [0.717, 1.165) is 44.4 Å². The van der Waals surface area contributed by atoms with E-state index < -0.39 is 23.5 Å². The number of likely N-dealkylation sites (tertiary alicyclic amines) is 1. The monoisotopic (exact) mass is 490 g/mol. The largest absolute Gasteiger partial charge is 0.380 e. The van der Waals surface area contributed by atoms with Gasteiger partial charge in [-0.2, -0.15) is 0 Å². The molecule has 2 heterocycles. The van der Waals surface area contributed by atoms with Crippen LogP contribution in [0.5, 0.6) is 0 Å². The topological polar surface area (TPSA) is 87.9 Å². The SMILES string of the molecule is CO[C@@H]1CCCC[C@H]1N1CC[C@@H](NC(=O)c2cc(-c3ccc(F)cc3F)on2)[C@H](C(=O)N(C)C)C1. The number of amides is 2. The van der Waals surface area contributed by atoms with Crippen LogP contribution in [0.1, 0.15) is 42.6 Å². The zero-order chi connectivity index (χ0) is 25.1. The van der Waals surface area contributed by atoms with Crippen LogP contribution in [0.15, 0.2) is 28.8 Å². The zero-order valence-electron chi connectivity index (χ0n) is 20.3. The molecule has 2 aliphatic rings. The highest BCUT2D eigenvalue weighted by Crippen LogP contribution is 2.30. The van der Waals surface area contributed by atoms with Crippen molar-refractivity contribution in [3.05, 3.63) is 41.6 Å². The van der Waals surface area contributed by atoms with E-state index in [1.165, 1.54) is 12.1 Å². The molecule has 190 valence electrons. The number of halogens is 2. The lowest BCUT2D eigenvalue weighted by atomic mass is 9.85.